The van der Waals surface area contributed by atoms with Crippen molar-refractivity contribution in [3.63, 3.8) is 0 Å². The summed E-state index contributed by atoms with van der Waals surface area (Å²) in [4.78, 5) is 28.1. The molecule has 3 N–H and O–H groups in total. The SMILES string of the molecule is NC(=O)c1noc([C@@H](Cc2ccccc2)NC(=O)CCc2ccc3ccccc3c2)n1. The van der Waals surface area contributed by atoms with Gasteiger partial charge in [0.15, 0.2) is 0 Å². The highest BCUT2D eigenvalue weighted by Crippen LogP contribution is 2.19. The Balaban J connectivity index is 1.45. The zero-order chi connectivity index (χ0) is 21.6. The van der Waals surface area contributed by atoms with Gasteiger partial charge in [-0.2, -0.15) is 4.98 Å². The molecule has 0 aliphatic carbocycles. The van der Waals surface area contributed by atoms with E-state index in [0.717, 1.165) is 16.5 Å². The molecular weight excluding hydrogens is 392 g/mol. The number of nitrogens with zero attached hydrogens (tertiary/aromatic N) is 2. The highest BCUT2D eigenvalue weighted by atomic mass is 16.5. The number of carbonyl (C=O) groups excluding carboxylic acids is 2. The molecule has 4 aromatic rings. The van der Waals surface area contributed by atoms with E-state index in [1.165, 1.54) is 5.39 Å². The van der Waals surface area contributed by atoms with Crippen LogP contribution in [0.3, 0.4) is 0 Å². The largest absolute Gasteiger partial charge is 0.363 e. The molecular formula is C24H22N4O3. The van der Waals surface area contributed by atoms with Crippen LogP contribution >= 0.6 is 0 Å². The smallest absolute Gasteiger partial charge is 0.290 e. The van der Waals surface area contributed by atoms with E-state index in [9.17, 15) is 9.59 Å². The van der Waals surface area contributed by atoms with Gasteiger partial charge < -0.3 is 15.6 Å². The summed E-state index contributed by atoms with van der Waals surface area (Å²) in [7, 11) is 0. The lowest BCUT2D eigenvalue weighted by Crippen LogP contribution is -2.30. The molecule has 7 nitrogen and oxygen atoms in total. The van der Waals surface area contributed by atoms with Gasteiger partial charge in [0.1, 0.15) is 6.04 Å². The standard InChI is InChI=1S/C24H22N4O3/c25-22(30)23-27-24(31-28-23)20(15-16-6-2-1-3-7-16)26-21(29)13-11-17-10-12-18-8-4-5-9-19(18)14-17/h1-10,12,14,20H,11,13,15H2,(H2,25,30)(H,26,29)/t20-/m1/s1. The van der Waals surface area contributed by atoms with Crippen LogP contribution in [0.5, 0.6) is 0 Å². The Morgan fingerprint density at radius 3 is 2.42 bits per heavy atom. The van der Waals surface area contributed by atoms with Crippen molar-refractivity contribution < 1.29 is 14.1 Å². The molecule has 2 amide bonds. The fourth-order valence-corrected chi connectivity index (χ4v) is 3.45. The molecule has 0 unspecified atom stereocenters. The van der Waals surface area contributed by atoms with Crippen molar-refractivity contribution in [1.82, 2.24) is 15.5 Å². The van der Waals surface area contributed by atoms with E-state index >= 15 is 0 Å². The summed E-state index contributed by atoms with van der Waals surface area (Å²) in [6.45, 7) is 0. The first-order valence-electron chi connectivity index (χ1n) is 10.0. The lowest BCUT2D eigenvalue weighted by Gasteiger charge is -2.15. The normalized spacial score (nSPS) is 11.9. The molecule has 7 heteroatoms. The highest BCUT2D eigenvalue weighted by Gasteiger charge is 2.23. The van der Waals surface area contributed by atoms with Crippen LogP contribution in [0.25, 0.3) is 10.8 Å². The summed E-state index contributed by atoms with van der Waals surface area (Å²) < 4.78 is 5.20. The zero-order valence-corrected chi connectivity index (χ0v) is 16.8. The van der Waals surface area contributed by atoms with Gasteiger partial charge >= 0.3 is 0 Å². The first-order chi connectivity index (χ1) is 15.1. The molecule has 31 heavy (non-hydrogen) atoms. The van der Waals surface area contributed by atoms with Gasteiger partial charge in [-0.3, -0.25) is 9.59 Å². The molecule has 1 atom stereocenters. The number of amides is 2. The number of fused-ring (bicyclic) bond motifs is 1. The van der Waals surface area contributed by atoms with E-state index in [0.29, 0.717) is 19.3 Å². The van der Waals surface area contributed by atoms with Crippen LogP contribution in [0.15, 0.2) is 77.3 Å². The molecule has 0 aliphatic heterocycles. The molecule has 0 radical (unpaired) electrons. The fourth-order valence-electron chi connectivity index (χ4n) is 3.45. The van der Waals surface area contributed by atoms with Gasteiger partial charge in [-0.05, 0) is 28.3 Å². The lowest BCUT2D eigenvalue weighted by atomic mass is 10.0. The van der Waals surface area contributed by atoms with Gasteiger partial charge in [0.25, 0.3) is 11.7 Å². The number of hydrogen-bond donors (Lipinski definition) is 2. The number of nitrogens with one attached hydrogen (secondary N) is 1. The number of nitrogens with two attached hydrogens (primary N) is 1. The predicted octanol–water partition coefficient (Wildman–Crippen LogP) is 3.35. The van der Waals surface area contributed by atoms with Crippen molar-refractivity contribution in [2.45, 2.75) is 25.3 Å². The average Bonchev–Trinajstić information content (AvgIpc) is 3.29. The van der Waals surface area contributed by atoms with Crippen molar-refractivity contribution in [3.05, 3.63) is 95.6 Å². The van der Waals surface area contributed by atoms with Crippen LogP contribution in [0.1, 0.15) is 40.1 Å². The number of rotatable bonds is 8. The molecule has 0 aliphatic rings. The molecule has 1 heterocycles. The molecule has 1 aromatic heterocycles. The molecule has 3 aromatic carbocycles. The van der Waals surface area contributed by atoms with Gasteiger partial charge in [0, 0.05) is 12.8 Å². The average molecular weight is 414 g/mol. The fraction of sp³-hybridized carbons (Fsp3) is 0.167. The third-order valence-corrected chi connectivity index (χ3v) is 5.03. The second-order valence-corrected chi connectivity index (χ2v) is 7.31. The molecule has 0 saturated carbocycles. The van der Waals surface area contributed by atoms with Gasteiger partial charge in [-0.25, -0.2) is 0 Å². The summed E-state index contributed by atoms with van der Waals surface area (Å²) >= 11 is 0. The van der Waals surface area contributed by atoms with Crippen LogP contribution in [0, 0.1) is 0 Å². The summed E-state index contributed by atoms with van der Waals surface area (Å²) in [6.07, 6.45) is 1.36. The van der Waals surface area contributed by atoms with Crippen LogP contribution in [0.4, 0.5) is 0 Å². The first-order valence-corrected chi connectivity index (χ1v) is 10.0. The number of primary amides is 1. The van der Waals surface area contributed by atoms with Crippen molar-refractivity contribution in [3.8, 4) is 0 Å². The summed E-state index contributed by atoms with van der Waals surface area (Å²) in [5, 5.41) is 8.86. The minimum absolute atomic E-state index is 0.145. The minimum atomic E-state index is -0.781. The van der Waals surface area contributed by atoms with Gasteiger partial charge in [0.2, 0.25) is 11.8 Å². The van der Waals surface area contributed by atoms with Crippen LogP contribution < -0.4 is 11.1 Å². The second-order valence-electron chi connectivity index (χ2n) is 7.31. The first kappa shape index (κ1) is 20.3. The molecule has 0 fully saturated rings. The molecule has 0 bridgehead atoms. The monoisotopic (exact) mass is 414 g/mol. The maximum Gasteiger partial charge on any atom is 0.290 e. The number of aromatic nitrogens is 2. The Hall–Kier alpha value is -4.00. The molecule has 4 rings (SSSR count). The van der Waals surface area contributed by atoms with Gasteiger partial charge in [-0.1, -0.05) is 78.0 Å². The van der Waals surface area contributed by atoms with Crippen LogP contribution in [-0.4, -0.2) is 22.0 Å². The summed E-state index contributed by atoms with van der Waals surface area (Å²) in [5.74, 6) is -0.987. The van der Waals surface area contributed by atoms with E-state index < -0.39 is 11.9 Å². The van der Waals surface area contributed by atoms with E-state index in [2.05, 4.69) is 39.7 Å². The number of benzene rings is 3. The maximum absolute atomic E-state index is 12.7. The van der Waals surface area contributed by atoms with Crippen LogP contribution in [0.2, 0.25) is 0 Å². The van der Waals surface area contributed by atoms with Gasteiger partial charge in [0.05, 0.1) is 0 Å². The second kappa shape index (κ2) is 9.21. The van der Waals surface area contributed by atoms with E-state index in [1.54, 1.807) is 0 Å². The Morgan fingerprint density at radius 2 is 1.68 bits per heavy atom. The van der Waals surface area contributed by atoms with E-state index in [1.807, 2.05) is 48.5 Å². The van der Waals surface area contributed by atoms with Crippen molar-refractivity contribution in [1.29, 1.82) is 0 Å². The predicted molar refractivity (Wildman–Crippen MR) is 116 cm³/mol. The van der Waals surface area contributed by atoms with E-state index in [4.69, 9.17) is 10.3 Å². The number of carbonyl (C=O) groups is 2. The zero-order valence-electron chi connectivity index (χ0n) is 16.8. The maximum atomic E-state index is 12.7. The van der Waals surface area contributed by atoms with Crippen molar-refractivity contribution in [2.24, 2.45) is 5.73 Å². The topological polar surface area (TPSA) is 111 Å². The minimum Gasteiger partial charge on any atom is -0.363 e. The molecule has 0 spiro atoms. The Labute approximate surface area is 179 Å². The lowest BCUT2D eigenvalue weighted by molar-refractivity contribution is -0.122. The number of hydrogen-bond acceptors (Lipinski definition) is 5. The summed E-state index contributed by atoms with van der Waals surface area (Å²) in [5.41, 5.74) is 7.29. The highest BCUT2D eigenvalue weighted by molar-refractivity contribution is 5.88. The van der Waals surface area contributed by atoms with E-state index in [-0.39, 0.29) is 17.6 Å². The van der Waals surface area contributed by atoms with Crippen molar-refractivity contribution >= 4 is 22.6 Å². The molecule has 156 valence electrons. The quantitative estimate of drug-likeness (QED) is 0.459. The Kier molecular flexibility index (Phi) is 6.03. The third-order valence-electron chi connectivity index (χ3n) is 5.03. The van der Waals surface area contributed by atoms with Gasteiger partial charge in [-0.15, -0.1) is 0 Å². The molecule has 0 saturated heterocycles. The Bertz CT molecular complexity index is 1200. The number of aryl methyl sites for hydroxylation is 1. The third kappa shape index (κ3) is 5.14. The van der Waals surface area contributed by atoms with Crippen LogP contribution in [-0.2, 0) is 17.6 Å². The summed E-state index contributed by atoms with van der Waals surface area (Å²) in [6, 6.07) is 23.4. The Morgan fingerprint density at radius 1 is 0.935 bits per heavy atom. The van der Waals surface area contributed by atoms with Crippen molar-refractivity contribution in [2.75, 3.05) is 0 Å².